The van der Waals surface area contributed by atoms with Crippen molar-refractivity contribution in [3.8, 4) is 78.2 Å². The van der Waals surface area contributed by atoms with Gasteiger partial charge in [-0.2, -0.15) is 9.97 Å². The number of benzene rings is 4. The lowest BCUT2D eigenvalue weighted by atomic mass is 10.00. The molecule has 0 saturated carbocycles. The van der Waals surface area contributed by atoms with E-state index in [4.69, 9.17) is 34.1 Å². The molecule has 12 nitrogen and oxygen atoms in total. The van der Waals surface area contributed by atoms with Crippen LogP contribution in [-0.2, 0) is 18.8 Å². The zero-order chi connectivity index (χ0) is 46.8. The molecular formula is C54H53N9O3S2. The van der Waals surface area contributed by atoms with Crippen LogP contribution in [0.1, 0.15) is 20.8 Å². The van der Waals surface area contributed by atoms with E-state index in [9.17, 15) is 0 Å². The summed E-state index contributed by atoms with van der Waals surface area (Å²) in [4.78, 5) is 35.0. The van der Waals surface area contributed by atoms with E-state index in [2.05, 4.69) is 114 Å². The van der Waals surface area contributed by atoms with Crippen LogP contribution in [0.15, 0.2) is 146 Å². The van der Waals surface area contributed by atoms with Gasteiger partial charge < -0.3 is 28.2 Å². The maximum Gasteiger partial charge on any atom is 0.226 e. The maximum atomic E-state index is 6.42. The standard InChI is InChI=1S/C28H29N5OS.C26H24N4O2S/c1-4-33(5-2)18-19-34-27-23-22(20-12-8-6-9-13-20)24(21-14-10-7-11-15-21)35-28(23)31-25(30-27)26-29-16-17-32(26)3;1-3-31-16-17-32-25-21-20(18-10-6-4-7-11-18)22(19-12-8-5-9-13-19)33-26(21)29-23(28-25)24-27-14-15-30(24)2/h6-17H,4-5,18-19H2,1-3H3;4-15H,3,16-17H2,1-2H3. The summed E-state index contributed by atoms with van der Waals surface area (Å²) >= 11 is 3.32. The number of nitrogens with zero attached hydrogens (tertiary/aromatic N) is 9. The summed E-state index contributed by atoms with van der Waals surface area (Å²) in [5.74, 6) is 3.69. The summed E-state index contributed by atoms with van der Waals surface area (Å²) in [5.41, 5.74) is 6.71. The number of hydrogen-bond donors (Lipinski definition) is 0. The number of likely N-dealkylation sites (N-methyl/N-ethyl adjacent to an activating group) is 1. The summed E-state index contributed by atoms with van der Waals surface area (Å²) in [6.07, 6.45) is 7.31. The molecular weight excluding hydrogens is 887 g/mol. The van der Waals surface area contributed by atoms with E-state index in [1.165, 1.54) is 0 Å². The molecule has 0 radical (unpaired) electrons. The quantitative estimate of drug-likeness (QED) is 0.0817. The van der Waals surface area contributed by atoms with E-state index in [-0.39, 0.29) is 0 Å². The van der Waals surface area contributed by atoms with Crippen LogP contribution in [0.3, 0.4) is 0 Å². The molecule has 6 heterocycles. The second kappa shape index (κ2) is 21.7. The molecule has 0 aliphatic rings. The van der Waals surface area contributed by atoms with Crippen molar-refractivity contribution in [3.05, 3.63) is 146 Å². The van der Waals surface area contributed by atoms with Crippen LogP contribution < -0.4 is 9.47 Å². The molecule has 0 aliphatic carbocycles. The summed E-state index contributed by atoms with van der Waals surface area (Å²) in [6.45, 7) is 11.2. The number of imidazole rings is 2. The van der Waals surface area contributed by atoms with Gasteiger partial charge in [-0.1, -0.05) is 135 Å². The van der Waals surface area contributed by atoms with Crippen molar-refractivity contribution >= 4 is 43.1 Å². The monoisotopic (exact) mass is 939 g/mol. The Morgan fingerprint density at radius 1 is 0.500 bits per heavy atom. The summed E-state index contributed by atoms with van der Waals surface area (Å²) in [5, 5.41) is 1.87. The van der Waals surface area contributed by atoms with Crippen LogP contribution in [0.5, 0.6) is 11.8 Å². The first kappa shape index (κ1) is 46.0. The first-order valence-corrected chi connectivity index (χ1v) is 24.5. The van der Waals surface area contributed by atoms with Crippen LogP contribution in [0, 0.1) is 0 Å². The van der Waals surface area contributed by atoms with E-state index in [1.807, 2.05) is 78.9 Å². The lowest BCUT2D eigenvalue weighted by Gasteiger charge is -2.18. The first-order chi connectivity index (χ1) is 33.4. The van der Waals surface area contributed by atoms with Gasteiger partial charge in [0.2, 0.25) is 23.4 Å². The zero-order valence-corrected chi connectivity index (χ0v) is 40.5. The maximum absolute atomic E-state index is 6.42. The van der Waals surface area contributed by atoms with Crippen molar-refractivity contribution in [1.82, 2.24) is 43.9 Å². The number of hydrogen-bond acceptors (Lipinski definition) is 12. The molecule has 4 aromatic carbocycles. The SMILES string of the molecule is CCN(CC)CCOc1nc(-c2nccn2C)nc2sc(-c3ccccc3)c(-c3ccccc3)c12.CCOCCOc1nc(-c2nccn2C)nc2sc(-c3ccccc3)c(-c3ccccc3)c12. The van der Waals surface area contributed by atoms with Gasteiger partial charge in [0, 0.05) is 72.9 Å². The Kier molecular flexibility index (Phi) is 14.7. The highest BCUT2D eigenvalue weighted by atomic mass is 32.1. The van der Waals surface area contributed by atoms with Crippen LogP contribution >= 0.6 is 22.7 Å². The second-order valence-electron chi connectivity index (χ2n) is 15.8. The molecule has 0 atom stereocenters. The smallest absolute Gasteiger partial charge is 0.226 e. The largest absolute Gasteiger partial charge is 0.476 e. The number of aromatic nitrogens is 8. The van der Waals surface area contributed by atoms with Crippen LogP contribution in [-0.4, -0.2) is 90.0 Å². The third kappa shape index (κ3) is 9.95. The third-order valence-electron chi connectivity index (χ3n) is 11.5. The topological polar surface area (TPSA) is 118 Å². The molecule has 0 bridgehead atoms. The fourth-order valence-electron chi connectivity index (χ4n) is 8.01. The molecule has 0 aliphatic heterocycles. The Balaban J connectivity index is 0.000000170. The first-order valence-electron chi connectivity index (χ1n) is 22.9. The van der Waals surface area contributed by atoms with E-state index >= 15 is 0 Å². The van der Waals surface area contributed by atoms with Crippen molar-refractivity contribution in [2.75, 3.05) is 46.1 Å². The van der Waals surface area contributed by atoms with Gasteiger partial charge in [-0.05, 0) is 42.3 Å². The summed E-state index contributed by atoms with van der Waals surface area (Å²) < 4.78 is 22.0. The van der Waals surface area contributed by atoms with Crippen molar-refractivity contribution in [2.45, 2.75) is 20.8 Å². The molecule has 0 N–H and O–H groups in total. The molecule has 0 spiro atoms. The van der Waals surface area contributed by atoms with Gasteiger partial charge >= 0.3 is 0 Å². The predicted octanol–water partition coefficient (Wildman–Crippen LogP) is 12.0. The van der Waals surface area contributed by atoms with Crippen molar-refractivity contribution in [3.63, 3.8) is 0 Å². The van der Waals surface area contributed by atoms with Gasteiger partial charge in [0.25, 0.3) is 0 Å². The Bertz CT molecular complexity index is 3200. The van der Waals surface area contributed by atoms with Gasteiger partial charge in [-0.15, -0.1) is 22.7 Å². The molecule has 6 aromatic heterocycles. The summed E-state index contributed by atoms with van der Waals surface area (Å²) in [6, 6.07) is 41.7. The number of rotatable bonds is 17. The summed E-state index contributed by atoms with van der Waals surface area (Å²) in [7, 11) is 3.89. The van der Waals surface area contributed by atoms with Crippen molar-refractivity contribution in [2.24, 2.45) is 14.1 Å². The molecule has 0 amide bonds. The van der Waals surface area contributed by atoms with Crippen molar-refractivity contribution in [1.29, 1.82) is 0 Å². The Hall–Kier alpha value is -7.10. The Labute approximate surface area is 404 Å². The molecule has 0 saturated heterocycles. The fraction of sp³-hybridized carbons (Fsp3) is 0.222. The lowest BCUT2D eigenvalue weighted by molar-refractivity contribution is 0.109. The number of thiophene rings is 2. The van der Waals surface area contributed by atoms with Crippen LogP contribution in [0.25, 0.3) is 86.9 Å². The molecule has 0 unspecified atom stereocenters. The Morgan fingerprint density at radius 2 is 0.912 bits per heavy atom. The van der Waals surface area contributed by atoms with Crippen LogP contribution in [0.4, 0.5) is 0 Å². The minimum Gasteiger partial charge on any atom is -0.476 e. The number of fused-ring (bicyclic) bond motifs is 2. The van der Waals surface area contributed by atoms with E-state index in [0.717, 1.165) is 89.0 Å². The molecule has 14 heteroatoms. The average molecular weight is 940 g/mol. The van der Waals surface area contributed by atoms with Gasteiger partial charge in [0.1, 0.15) is 22.9 Å². The van der Waals surface area contributed by atoms with Gasteiger partial charge in [0.05, 0.1) is 17.4 Å². The highest BCUT2D eigenvalue weighted by molar-refractivity contribution is 7.23. The predicted molar refractivity (Wildman–Crippen MR) is 276 cm³/mol. The third-order valence-corrected chi connectivity index (χ3v) is 13.8. The second-order valence-corrected chi connectivity index (χ2v) is 17.8. The molecule has 344 valence electrons. The van der Waals surface area contributed by atoms with Gasteiger partial charge in [-0.3, -0.25) is 0 Å². The lowest BCUT2D eigenvalue weighted by Crippen LogP contribution is -2.28. The van der Waals surface area contributed by atoms with Crippen LogP contribution in [0.2, 0.25) is 0 Å². The Morgan fingerprint density at radius 3 is 1.29 bits per heavy atom. The average Bonchev–Trinajstić information content (AvgIpc) is 4.20. The number of ether oxygens (including phenoxy) is 3. The van der Waals surface area contributed by atoms with E-state index in [0.29, 0.717) is 55.7 Å². The molecule has 0 fully saturated rings. The highest BCUT2D eigenvalue weighted by Crippen LogP contribution is 2.49. The molecule has 68 heavy (non-hydrogen) atoms. The minimum absolute atomic E-state index is 0.407. The van der Waals surface area contributed by atoms with Gasteiger partial charge in [0.15, 0.2) is 11.6 Å². The molecule has 10 rings (SSSR count). The van der Waals surface area contributed by atoms with E-state index in [1.54, 1.807) is 35.1 Å². The number of aryl methyl sites for hydroxylation is 2. The highest BCUT2D eigenvalue weighted by Gasteiger charge is 2.26. The normalized spacial score (nSPS) is 11.3. The van der Waals surface area contributed by atoms with E-state index < -0.39 is 0 Å². The minimum atomic E-state index is 0.407. The van der Waals surface area contributed by atoms with Gasteiger partial charge in [-0.25, -0.2) is 19.9 Å². The van der Waals surface area contributed by atoms with Crippen molar-refractivity contribution < 1.29 is 14.2 Å². The molecule has 10 aromatic rings. The zero-order valence-electron chi connectivity index (χ0n) is 38.9. The fourth-order valence-corrected chi connectivity index (χ4v) is 10.4.